The fourth-order valence-electron chi connectivity index (χ4n) is 7.81. The van der Waals surface area contributed by atoms with Gasteiger partial charge >= 0.3 is 6.09 Å². The summed E-state index contributed by atoms with van der Waals surface area (Å²) in [6, 6.07) is 15.3. The molecule has 2 aliphatic carbocycles. The van der Waals surface area contributed by atoms with Gasteiger partial charge < -0.3 is 19.7 Å². The minimum absolute atomic E-state index is 0.0210. The van der Waals surface area contributed by atoms with Crippen LogP contribution in [0.25, 0.3) is 11.1 Å². The molecule has 6 rings (SSSR count). The van der Waals surface area contributed by atoms with Gasteiger partial charge in [-0.2, -0.15) is 5.10 Å². The van der Waals surface area contributed by atoms with E-state index >= 15 is 0 Å². The van der Waals surface area contributed by atoms with Crippen LogP contribution in [0.5, 0.6) is 5.75 Å². The van der Waals surface area contributed by atoms with Crippen molar-refractivity contribution in [2.75, 3.05) is 38.7 Å². The minimum Gasteiger partial charge on any atom is -0.496 e. The number of aryl methyl sites for hydroxylation is 1. The van der Waals surface area contributed by atoms with Crippen molar-refractivity contribution < 1.29 is 19.1 Å². The van der Waals surface area contributed by atoms with Crippen LogP contribution < -0.4 is 15.0 Å². The highest BCUT2D eigenvalue weighted by molar-refractivity contribution is 5.95. The number of methoxy groups -OCH3 is 1. The predicted molar refractivity (Wildman–Crippen MR) is 189 cm³/mol. The maximum absolute atomic E-state index is 14.4. The lowest BCUT2D eigenvalue weighted by Crippen LogP contribution is -2.52. The Hall–Kier alpha value is -3.85. The average Bonchev–Trinajstić information content (AvgIpc) is 3.58. The van der Waals surface area contributed by atoms with Gasteiger partial charge in [0.05, 0.1) is 13.3 Å². The van der Waals surface area contributed by atoms with E-state index in [1.54, 1.807) is 7.11 Å². The second kappa shape index (κ2) is 15.1. The van der Waals surface area contributed by atoms with Crippen molar-refractivity contribution in [2.45, 2.75) is 96.2 Å². The third-order valence-corrected chi connectivity index (χ3v) is 10.8. The maximum atomic E-state index is 14.4. The van der Waals surface area contributed by atoms with Crippen molar-refractivity contribution >= 4 is 17.7 Å². The van der Waals surface area contributed by atoms with Crippen LogP contribution in [0.4, 0.5) is 10.5 Å². The van der Waals surface area contributed by atoms with Crippen LogP contribution in [0.2, 0.25) is 0 Å². The molecule has 0 unspecified atom stereocenters. The van der Waals surface area contributed by atoms with Gasteiger partial charge in [-0.15, -0.1) is 0 Å². The van der Waals surface area contributed by atoms with Crippen LogP contribution in [0, 0.1) is 18.8 Å². The number of alkyl carbamates (subject to hydrolysis) is 1. The normalized spacial score (nSPS) is 23.4. The number of anilines is 1. The SMILES string of the molecule is COc1ccc([C@H]2CC[C@H](CN(c3cccc(-c4cnn(C(C)C)c4)c3)C(=O)[C@H]3CC[C@H](NC(=O)OC4CN(C)C4)CC3)CC2)cc1C. The van der Waals surface area contributed by atoms with Crippen molar-refractivity contribution in [1.29, 1.82) is 0 Å². The molecule has 0 bridgehead atoms. The molecule has 0 radical (unpaired) electrons. The van der Waals surface area contributed by atoms with E-state index < -0.39 is 0 Å². The summed E-state index contributed by atoms with van der Waals surface area (Å²) in [5, 5.41) is 7.62. The Balaban J connectivity index is 1.13. The third-order valence-electron chi connectivity index (χ3n) is 10.8. The van der Waals surface area contributed by atoms with Crippen molar-refractivity contribution in [2.24, 2.45) is 11.8 Å². The first-order chi connectivity index (χ1) is 23.2. The predicted octanol–water partition coefficient (Wildman–Crippen LogP) is 7.35. The van der Waals surface area contributed by atoms with E-state index in [0.717, 1.165) is 93.6 Å². The quantitative estimate of drug-likeness (QED) is 0.246. The first-order valence-electron chi connectivity index (χ1n) is 17.9. The number of amides is 2. The minimum atomic E-state index is -0.331. The summed E-state index contributed by atoms with van der Waals surface area (Å²) >= 11 is 0. The largest absolute Gasteiger partial charge is 0.496 e. The maximum Gasteiger partial charge on any atom is 0.407 e. The van der Waals surface area contributed by atoms with Gasteiger partial charge in [0.25, 0.3) is 0 Å². The van der Waals surface area contributed by atoms with Gasteiger partial charge in [0.15, 0.2) is 0 Å². The van der Waals surface area contributed by atoms with Crippen LogP contribution in [-0.2, 0) is 9.53 Å². The fourth-order valence-corrected chi connectivity index (χ4v) is 7.81. The number of nitrogens with zero attached hydrogens (tertiary/aromatic N) is 4. The van der Waals surface area contributed by atoms with Gasteiger partial charge in [0, 0.05) is 55.1 Å². The van der Waals surface area contributed by atoms with Crippen molar-refractivity contribution in [3.8, 4) is 16.9 Å². The summed E-state index contributed by atoms with van der Waals surface area (Å²) in [5.74, 6) is 2.05. The molecule has 2 heterocycles. The molecule has 9 nitrogen and oxygen atoms in total. The number of rotatable bonds is 10. The smallest absolute Gasteiger partial charge is 0.407 e. The molecule has 258 valence electrons. The average molecular weight is 656 g/mol. The Morgan fingerprint density at radius 3 is 2.38 bits per heavy atom. The number of ether oxygens (including phenoxy) is 2. The molecule has 1 saturated heterocycles. The molecule has 2 aromatic carbocycles. The van der Waals surface area contributed by atoms with Gasteiger partial charge in [-0.1, -0.05) is 24.3 Å². The van der Waals surface area contributed by atoms with E-state index in [9.17, 15) is 9.59 Å². The highest BCUT2D eigenvalue weighted by atomic mass is 16.6. The molecule has 2 amide bonds. The molecule has 2 saturated carbocycles. The Labute approximate surface area is 286 Å². The summed E-state index contributed by atoms with van der Waals surface area (Å²) in [4.78, 5) is 31.1. The second-order valence-electron chi connectivity index (χ2n) is 14.7. The summed E-state index contributed by atoms with van der Waals surface area (Å²) in [5.41, 5.74) is 5.65. The Morgan fingerprint density at radius 1 is 0.979 bits per heavy atom. The van der Waals surface area contributed by atoms with Gasteiger partial charge in [0.1, 0.15) is 11.9 Å². The summed E-state index contributed by atoms with van der Waals surface area (Å²) in [7, 11) is 3.74. The first-order valence-corrected chi connectivity index (χ1v) is 17.9. The number of aromatic nitrogens is 2. The summed E-state index contributed by atoms with van der Waals surface area (Å²) in [6.45, 7) is 8.66. The number of carbonyl (C=O) groups is 2. The number of benzene rings is 2. The number of carbonyl (C=O) groups excluding carboxylic acids is 2. The van der Waals surface area contributed by atoms with Crippen LogP contribution in [-0.4, -0.2) is 72.6 Å². The van der Waals surface area contributed by atoms with E-state index in [1.807, 2.05) is 17.9 Å². The van der Waals surface area contributed by atoms with Gasteiger partial charge in [0.2, 0.25) is 5.91 Å². The van der Waals surface area contributed by atoms with E-state index in [1.165, 1.54) is 11.1 Å². The molecule has 48 heavy (non-hydrogen) atoms. The fraction of sp³-hybridized carbons (Fsp3) is 0.564. The van der Waals surface area contributed by atoms with Crippen LogP contribution in [0.15, 0.2) is 54.9 Å². The van der Waals surface area contributed by atoms with Crippen molar-refractivity contribution in [3.05, 3.63) is 66.0 Å². The van der Waals surface area contributed by atoms with E-state index in [-0.39, 0.29) is 36.1 Å². The van der Waals surface area contributed by atoms with E-state index in [4.69, 9.17) is 9.47 Å². The molecule has 0 atom stereocenters. The van der Waals surface area contributed by atoms with Crippen LogP contribution >= 0.6 is 0 Å². The number of likely N-dealkylation sites (tertiary alicyclic amines) is 1. The van der Waals surface area contributed by atoms with Crippen molar-refractivity contribution in [3.63, 3.8) is 0 Å². The van der Waals surface area contributed by atoms with E-state index in [2.05, 4.69) is 89.6 Å². The zero-order valence-electron chi connectivity index (χ0n) is 29.4. The number of likely N-dealkylation sites (N-methyl/N-ethyl adjacent to an activating group) is 1. The Kier molecular flexibility index (Phi) is 10.7. The first kappa shape index (κ1) is 34.0. The molecular weight excluding hydrogens is 602 g/mol. The zero-order valence-corrected chi connectivity index (χ0v) is 29.4. The standard InChI is InChI=1S/C39H53N5O4/c1-26(2)44-23-33(21-40-44)31-7-6-8-35(20-31)43(22-28-9-11-29(12-10-28)32-15-18-37(47-5)27(3)19-32)38(45)30-13-16-34(17-14-30)41-39(46)48-36-24-42(4)25-36/h6-8,15,18-21,23,26,28-30,34,36H,9-14,16-17,22,24-25H2,1-5H3,(H,41,46)/t28-,29-,30-,34-. The molecule has 9 heteroatoms. The Bertz CT molecular complexity index is 1550. The molecule has 1 aliphatic heterocycles. The second-order valence-corrected chi connectivity index (χ2v) is 14.7. The molecule has 1 N–H and O–H groups in total. The summed E-state index contributed by atoms with van der Waals surface area (Å²) in [6.07, 6.45) is 11.2. The molecule has 1 aromatic heterocycles. The highest BCUT2D eigenvalue weighted by Gasteiger charge is 2.34. The number of hydrogen-bond donors (Lipinski definition) is 1. The van der Waals surface area contributed by atoms with Crippen LogP contribution in [0.1, 0.15) is 88.3 Å². The lowest BCUT2D eigenvalue weighted by Gasteiger charge is -2.37. The highest BCUT2D eigenvalue weighted by Crippen LogP contribution is 2.39. The summed E-state index contributed by atoms with van der Waals surface area (Å²) < 4.78 is 13.0. The van der Waals surface area contributed by atoms with Gasteiger partial charge in [-0.05, 0) is 126 Å². The van der Waals surface area contributed by atoms with Gasteiger partial charge in [-0.3, -0.25) is 14.4 Å². The molecular formula is C39H53N5O4. The molecule has 3 aliphatic rings. The van der Waals surface area contributed by atoms with Gasteiger partial charge in [-0.25, -0.2) is 4.79 Å². The number of nitrogens with one attached hydrogen (secondary N) is 1. The van der Waals surface area contributed by atoms with Crippen LogP contribution in [0.3, 0.4) is 0 Å². The third kappa shape index (κ3) is 8.05. The Morgan fingerprint density at radius 2 is 1.73 bits per heavy atom. The molecule has 3 fully saturated rings. The monoisotopic (exact) mass is 655 g/mol. The molecule has 3 aromatic rings. The molecule has 0 spiro atoms. The number of hydrogen-bond acceptors (Lipinski definition) is 6. The lowest BCUT2D eigenvalue weighted by molar-refractivity contribution is -0.123. The van der Waals surface area contributed by atoms with Crippen molar-refractivity contribution in [1.82, 2.24) is 20.0 Å². The topological polar surface area (TPSA) is 88.9 Å². The van der Waals surface area contributed by atoms with E-state index in [0.29, 0.717) is 11.8 Å². The zero-order chi connectivity index (χ0) is 33.8. The lowest BCUT2D eigenvalue weighted by atomic mass is 9.78.